The van der Waals surface area contributed by atoms with Crippen molar-refractivity contribution < 1.29 is 18.7 Å². The number of benzene rings is 3. The molecular weight excluding hydrogens is 577 g/mol. The number of Topliss-reactive ketones (excluding diaryl/α,β-unsaturated/α-hetero) is 1. The SMILES string of the molecule is CCc1ccc(/C=N/n2c(SCC(=O)c3cc(N4CCOCC4)c(OC)c(C(C)(C)C)c3)nnc2-c2cccc(F)c2)cc1. The predicted octanol–water partition coefficient (Wildman–Crippen LogP) is 6.65. The van der Waals surface area contributed by atoms with Gasteiger partial charge in [0.25, 0.3) is 0 Å². The Kier molecular flexibility index (Phi) is 9.80. The van der Waals surface area contributed by atoms with E-state index in [-0.39, 0.29) is 22.8 Å². The summed E-state index contributed by atoms with van der Waals surface area (Å²) in [6.45, 7) is 11.1. The highest BCUT2D eigenvalue weighted by Gasteiger charge is 2.27. The first-order valence-electron chi connectivity index (χ1n) is 14.7. The quantitative estimate of drug-likeness (QED) is 0.112. The van der Waals surface area contributed by atoms with Gasteiger partial charge in [0, 0.05) is 29.8 Å². The number of carbonyl (C=O) groups excluding carboxylic acids is 1. The molecule has 0 aliphatic carbocycles. The van der Waals surface area contributed by atoms with Crippen molar-refractivity contribution in [3.05, 3.63) is 88.7 Å². The van der Waals surface area contributed by atoms with Gasteiger partial charge in [0.1, 0.15) is 11.6 Å². The molecule has 0 spiro atoms. The van der Waals surface area contributed by atoms with Gasteiger partial charge >= 0.3 is 0 Å². The molecule has 2 heterocycles. The number of ketones is 1. The zero-order valence-electron chi connectivity index (χ0n) is 25.8. The molecule has 44 heavy (non-hydrogen) atoms. The van der Waals surface area contributed by atoms with Crippen LogP contribution < -0.4 is 9.64 Å². The van der Waals surface area contributed by atoms with Crippen molar-refractivity contribution in [1.29, 1.82) is 0 Å². The molecule has 0 amide bonds. The van der Waals surface area contributed by atoms with Crippen molar-refractivity contribution >= 4 is 29.4 Å². The molecule has 3 aromatic carbocycles. The van der Waals surface area contributed by atoms with Gasteiger partial charge < -0.3 is 14.4 Å². The van der Waals surface area contributed by atoms with E-state index in [0.717, 1.165) is 42.1 Å². The molecule has 230 valence electrons. The smallest absolute Gasteiger partial charge is 0.212 e. The van der Waals surface area contributed by atoms with Crippen LogP contribution in [0.4, 0.5) is 10.1 Å². The van der Waals surface area contributed by atoms with E-state index in [1.165, 1.54) is 29.5 Å². The number of morpholine rings is 1. The molecule has 1 aromatic heterocycles. The second-order valence-electron chi connectivity index (χ2n) is 11.6. The molecule has 8 nitrogen and oxygen atoms in total. The summed E-state index contributed by atoms with van der Waals surface area (Å²) in [5.74, 6) is 0.837. The number of anilines is 1. The summed E-state index contributed by atoms with van der Waals surface area (Å²) in [7, 11) is 1.67. The van der Waals surface area contributed by atoms with Crippen molar-refractivity contribution in [1.82, 2.24) is 14.9 Å². The minimum absolute atomic E-state index is 0.0568. The third kappa shape index (κ3) is 7.19. The largest absolute Gasteiger partial charge is 0.494 e. The van der Waals surface area contributed by atoms with Crippen LogP contribution in [0, 0.1) is 5.82 Å². The second-order valence-corrected chi connectivity index (χ2v) is 12.5. The highest BCUT2D eigenvalue weighted by Crippen LogP contribution is 2.41. The molecule has 1 fully saturated rings. The van der Waals surface area contributed by atoms with Crippen LogP contribution in [-0.4, -0.2) is 66.0 Å². The summed E-state index contributed by atoms with van der Waals surface area (Å²) in [6.07, 6.45) is 2.66. The highest BCUT2D eigenvalue weighted by molar-refractivity contribution is 7.99. The van der Waals surface area contributed by atoms with E-state index in [4.69, 9.17) is 9.47 Å². The average molecular weight is 616 g/mol. The summed E-state index contributed by atoms with van der Waals surface area (Å²) in [5.41, 5.74) is 4.87. The van der Waals surface area contributed by atoms with E-state index in [2.05, 4.69) is 60.0 Å². The lowest BCUT2D eigenvalue weighted by Gasteiger charge is -2.33. The third-order valence-corrected chi connectivity index (χ3v) is 8.41. The Morgan fingerprint density at radius 2 is 1.84 bits per heavy atom. The molecule has 5 rings (SSSR count). The summed E-state index contributed by atoms with van der Waals surface area (Å²) in [6, 6.07) is 18.1. The number of aryl methyl sites for hydroxylation is 1. The molecular formula is C34H38FN5O3S. The zero-order valence-corrected chi connectivity index (χ0v) is 26.7. The molecule has 0 bridgehead atoms. The first-order chi connectivity index (χ1) is 21.2. The number of halogens is 1. The Bertz CT molecular complexity index is 1640. The molecule has 1 aliphatic rings. The predicted molar refractivity (Wildman–Crippen MR) is 174 cm³/mol. The summed E-state index contributed by atoms with van der Waals surface area (Å²) in [4.78, 5) is 16.0. The van der Waals surface area contributed by atoms with Gasteiger partial charge in [-0.3, -0.25) is 4.79 Å². The Morgan fingerprint density at radius 3 is 2.50 bits per heavy atom. The van der Waals surface area contributed by atoms with Crippen molar-refractivity contribution in [2.45, 2.75) is 44.7 Å². The maximum absolute atomic E-state index is 14.1. The lowest BCUT2D eigenvalue weighted by atomic mass is 9.84. The number of carbonyl (C=O) groups is 1. The van der Waals surface area contributed by atoms with E-state index in [1.54, 1.807) is 30.1 Å². The van der Waals surface area contributed by atoms with Gasteiger partial charge in [-0.25, -0.2) is 4.39 Å². The van der Waals surface area contributed by atoms with Crippen LogP contribution in [-0.2, 0) is 16.6 Å². The number of rotatable bonds is 10. The van der Waals surface area contributed by atoms with Gasteiger partial charge in [-0.15, -0.1) is 10.2 Å². The Hall–Kier alpha value is -4.02. The van der Waals surface area contributed by atoms with Crippen LogP contribution in [0.3, 0.4) is 0 Å². The molecule has 0 radical (unpaired) electrons. The van der Waals surface area contributed by atoms with Crippen LogP contribution in [0.15, 0.2) is 70.9 Å². The van der Waals surface area contributed by atoms with Gasteiger partial charge in [-0.2, -0.15) is 9.78 Å². The van der Waals surface area contributed by atoms with E-state index in [0.29, 0.717) is 35.3 Å². The normalized spacial score (nSPS) is 13.9. The number of hydrogen-bond donors (Lipinski definition) is 0. The number of aromatic nitrogens is 3. The zero-order chi connectivity index (χ0) is 31.3. The van der Waals surface area contributed by atoms with E-state index in [1.807, 2.05) is 24.3 Å². The minimum atomic E-state index is -0.384. The van der Waals surface area contributed by atoms with Crippen molar-refractivity contribution in [2.24, 2.45) is 5.10 Å². The van der Waals surface area contributed by atoms with Crippen LogP contribution in [0.1, 0.15) is 54.7 Å². The lowest BCUT2D eigenvalue weighted by Crippen LogP contribution is -2.37. The fourth-order valence-corrected chi connectivity index (χ4v) is 5.81. The number of methoxy groups -OCH3 is 1. The van der Waals surface area contributed by atoms with Gasteiger partial charge in [0.05, 0.1) is 38.0 Å². The van der Waals surface area contributed by atoms with E-state index >= 15 is 0 Å². The van der Waals surface area contributed by atoms with Gasteiger partial charge in [0.2, 0.25) is 5.16 Å². The average Bonchev–Trinajstić information content (AvgIpc) is 3.44. The van der Waals surface area contributed by atoms with E-state index in [9.17, 15) is 9.18 Å². The molecule has 0 N–H and O–H groups in total. The maximum atomic E-state index is 14.1. The van der Waals surface area contributed by atoms with Gasteiger partial charge in [-0.05, 0) is 47.2 Å². The van der Waals surface area contributed by atoms with Crippen molar-refractivity contribution in [3.8, 4) is 17.1 Å². The Balaban J connectivity index is 1.46. The van der Waals surface area contributed by atoms with Crippen LogP contribution >= 0.6 is 11.8 Å². The second kappa shape index (κ2) is 13.7. The van der Waals surface area contributed by atoms with E-state index < -0.39 is 0 Å². The Labute approximate surface area is 262 Å². The minimum Gasteiger partial charge on any atom is -0.494 e. The molecule has 0 unspecified atom stereocenters. The number of ether oxygens (including phenoxy) is 2. The van der Waals surface area contributed by atoms with Gasteiger partial charge in [0.15, 0.2) is 11.6 Å². The first-order valence-corrected chi connectivity index (χ1v) is 15.7. The molecule has 0 atom stereocenters. The summed E-state index contributed by atoms with van der Waals surface area (Å²) in [5, 5.41) is 13.8. The fraction of sp³-hybridized carbons (Fsp3) is 0.353. The first kappa shape index (κ1) is 31.4. The molecule has 4 aromatic rings. The summed E-state index contributed by atoms with van der Waals surface area (Å²) < 4.78 is 27.2. The standard InChI is InChI=1S/C34H38FN5O3S/c1-6-23-10-12-24(13-11-23)21-36-40-32(25-8-7-9-27(35)18-25)37-38-33(40)44-22-30(41)26-19-28(34(2,3)4)31(42-5)29(20-26)39-14-16-43-17-15-39/h7-13,18-21H,6,14-17,22H2,1-5H3/b36-21+. The number of thioether (sulfide) groups is 1. The molecule has 0 saturated carbocycles. The highest BCUT2D eigenvalue weighted by atomic mass is 32.2. The van der Waals surface area contributed by atoms with Crippen molar-refractivity contribution in [3.63, 3.8) is 0 Å². The lowest BCUT2D eigenvalue weighted by molar-refractivity contribution is 0.102. The summed E-state index contributed by atoms with van der Waals surface area (Å²) >= 11 is 1.24. The fourth-order valence-electron chi connectivity index (χ4n) is 5.03. The molecule has 1 saturated heterocycles. The Morgan fingerprint density at radius 1 is 1.09 bits per heavy atom. The third-order valence-electron chi connectivity index (χ3n) is 7.49. The van der Waals surface area contributed by atoms with Gasteiger partial charge in [-0.1, -0.05) is 75.9 Å². The maximum Gasteiger partial charge on any atom is 0.212 e. The number of nitrogens with zero attached hydrogens (tertiary/aromatic N) is 5. The molecule has 1 aliphatic heterocycles. The topological polar surface area (TPSA) is 81.8 Å². The monoisotopic (exact) mass is 615 g/mol. The van der Waals surface area contributed by atoms with Crippen LogP contribution in [0.5, 0.6) is 5.75 Å². The molecule has 10 heteroatoms. The van der Waals surface area contributed by atoms with Crippen LogP contribution in [0.2, 0.25) is 0 Å². The number of hydrogen-bond acceptors (Lipinski definition) is 8. The van der Waals surface area contributed by atoms with Crippen LogP contribution in [0.25, 0.3) is 11.4 Å². The van der Waals surface area contributed by atoms with Crippen molar-refractivity contribution in [2.75, 3.05) is 44.1 Å².